The fraction of sp³-hybridized carbons (Fsp3) is 0.435. The fourth-order valence-corrected chi connectivity index (χ4v) is 6.37. The van der Waals surface area contributed by atoms with Crippen molar-refractivity contribution >= 4 is 69.7 Å². The van der Waals surface area contributed by atoms with E-state index in [9.17, 15) is 4.79 Å². The Bertz CT molecular complexity index is 856. The number of hydrogen-bond donors (Lipinski definition) is 3. The molecule has 0 aliphatic carbocycles. The molecular formula is C23H26Br4O6. The molecule has 182 valence electrons. The highest BCUT2D eigenvalue weighted by molar-refractivity contribution is 9.11. The van der Waals surface area contributed by atoms with Crippen molar-refractivity contribution in [1.29, 1.82) is 0 Å². The van der Waals surface area contributed by atoms with E-state index in [1.54, 1.807) is 0 Å². The Hall–Kier alpha value is -0.650. The molecule has 0 atom stereocenters. The van der Waals surface area contributed by atoms with Crippen LogP contribution in [0.15, 0.2) is 42.2 Å². The molecule has 0 aliphatic rings. The lowest BCUT2D eigenvalue weighted by Crippen LogP contribution is -2.24. The van der Waals surface area contributed by atoms with E-state index < -0.39 is 11.4 Å². The number of rotatable bonds is 13. The molecule has 3 N–H and O–H groups in total. The van der Waals surface area contributed by atoms with Gasteiger partial charge in [0.25, 0.3) is 0 Å². The SMILES string of the molecule is CC(CCCCC(=O)O)(c1cc(Br)c(OCCO)c(Br)c1)c1cc(Br)c(OCCO)c(Br)c1. The lowest BCUT2D eigenvalue weighted by Gasteiger charge is -2.33. The summed E-state index contributed by atoms with van der Waals surface area (Å²) in [5.41, 5.74) is 1.56. The summed E-state index contributed by atoms with van der Waals surface area (Å²) in [6.07, 6.45) is 2.13. The summed E-state index contributed by atoms with van der Waals surface area (Å²) in [4.78, 5) is 11.0. The zero-order valence-electron chi connectivity index (χ0n) is 18.0. The minimum atomic E-state index is -0.802. The van der Waals surface area contributed by atoms with Crippen LogP contribution >= 0.6 is 63.7 Å². The summed E-state index contributed by atoms with van der Waals surface area (Å²) in [5.74, 6) is 0.413. The van der Waals surface area contributed by atoms with E-state index in [4.69, 9.17) is 24.8 Å². The lowest BCUT2D eigenvalue weighted by molar-refractivity contribution is -0.137. The quantitative estimate of drug-likeness (QED) is 0.207. The van der Waals surface area contributed by atoms with Gasteiger partial charge < -0.3 is 24.8 Å². The molecule has 0 aliphatic heterocycles. The van der Waals surface area contributed by atoms with E-state index in [2.05, 4.69) is 70.6 Å². The summed E-state index contributed by atoms with van der Waals surface area (Å²) in [7, 11) is 0. The Balaban J connectivity index is 2.52. The van der Waals surface area contributed by atoms with Gasteiger partial charge in [0, 0.05) is 11.8 Å². The third kappa shape index (κ3) is 7.67. The van der Waals surface area contributed by atoms with Crippen LogP contribution in [0.4, 0.5) is 0 Å². The largest absolute Gasteiger partial charge is 0.489 e. The van der Waals surface area contributed by atoms with Crippen molar-refractivity contribution in [3.63, 3.8) is 0 Å². The van der Waals surface area contributed by atoms with E-state index in [1.165, 1.54) is 0 Å². The van der Waals surface area contributed by atoms with Crippen LogP contribution in [0, 0.1) is 0 Å². The number of benzene rings is 2. The standard InChI is InChI=1S/C23H26Br4O6/c1-23(5-3-2-4-20(30)31,14-10-16(24)21(17(25)11-14)32-8-6-28)15-12-18(26)22(19(27)13-15)33-9-7-29/h10-13,28-29H,2-9H2,1H3,(H,30,31). The van der Waals surface area contributed by atoms with Crippen LogP contribution in [0.3, 0.4) is 0 Å². The second-order valence-electron chi connectivity index (χ2n) is 7.62. The number of unbranched alkanes of at least 4 members (excludes halogenated alkanes) is 1. The van der Waals surface area contributed by atoms with Gasteiger partial charge in [-0.05, 0) is 112 Å². The lowest BCUT2D eigenvalue weighted by atomic mass is 9.72. The third-order valence-electron chi connectivity index (χ3n) is 5.26. The average Bonchev–Trinajstić information content (AvgIpc) is 2.75. The molecule has 0 bridgehead atoms. The molecule has 0 spiro atoms. The van der Waals surface area contributed by atoms with Gasteiger partial charge in [0.15, 0.2) is 0 Å². The normalized spacial score (nSPS) is 11.5. The molecule has 10 heteroatoms. The average molecular weight is 718 g/mol. The maximum Gasteiger partial charge on any atom is 0.303 e. The van der Waals surface area contributed by atoms with E-state index in [1.807, 2.05) is 24.3 Å². The molecule has 0 radical (unpaired) electrons. The number of halogens is 4. The van der Waals surface area contributed by atoms with Crippen molar-refractivity contribution in [1.82, 2.24) is 0 Å². The molecule has 33 heavy (non-hydrogen) atoms. The maximum absolute atomic E-state index is 11.0. The second-order valence-corrected chi connectivity index (χ2v) is 11.0. The number of ether oxygens (including phenoxy) is 2. The number of aliphatic hydroxyl groups is 2. The fourth-order valence-electron chi connectivity index (χ4n) is 3.54. The predicted molar refractivity (Wildman–Crippen MR) is 141 cm³/mol. The van der Waals surface area contributed by atoms with Crippen LogP contribution in [0.2, 0.25) is 0 Å². The van der Waals surface area contributed by atoms with Crippen LogP contribution in [0.25, 0.3) is 0 Å². The first-order chi connectivity index (χ1) is 15.6. The van der Waals surface area contributed by atoms with Crippen LogP contribution in [0.5, 0.6) is 11.5 Å². The molecule has 0 saturated heterocycles. The molecule has 0 heterocycles. The van der Waals surface area contributed by atoms with Gasteiger partial charge in [-0.15, -0.1) is 0 Å². The number of aliphatic carboxylic acids is 1. The number of aliphatic hydroxyl groups excluding tert-OH is 2. The first kappa shape index (κ1) is 28.6. The Kier molecular flexibility index (Phi) is 11.6. The Morgan fingerprint density at radius 3 is 1.55 bits per heavy atom. The smallest absolute Gasteiger partial charge is 0.303 e. The minimum absolute atomic E-state index is 0.0886. The zero-order chi connectivity index (χ0) is 24.6. The summed E-state index contributed by atoms with van der Waals surface area (Å²) < 4.78 is 14.3. The molecule has 2 aromatic carbocycles. The first-order valence-electron chi connectivity index (χ1n) is 10.3. The van der Waals surface area contributed by atoms with Crippen LogP contribution in [-0.2, 0) is 10.2 Å². The molecule has 0 amide bonds. The number of hydrogen-bond acceptors (Lipinski definition) is 5. The molecule has 0 aromatic heterocycles. The van der Waals surface area contributed by atoms with E-state index >= 15 is 0 Å². The van der Waals surface area contributed by atoms with Crippen LogP contribution in [0.1, 0.15) is 43.7 Å². The molecule has 2 aromatic rings. The first-order valence-corrected chi connectivity index (χ1v) is 13.5. The van der Waals surface area contributed by atoms with Crippen molar-refractivity contribution in [3.05, 3.63) is 53.3 Å². The van der Waals surface area contributed by atoms with Gasteiger partial charge in [0.05, 0.1) is 31.1 Å². The molecule has 0 unspecified atom stereocenters. The third-order valence-corrected chi connectivity index (χ3v) is 7.62. The molecule has 0 fully saturated rings. The molecule has 6 nitrogen and oxygen atoms in total. The number of carboxylic acids is 1. The highest BCUT2D eigenvalue weighted by atomic mass is 79.9. The minimum Gasteiger partial charge on any atom is -0.489 e. The van der Waals surface area contributed by atoms with E-state index in [0.717, 1.165) is 35.4 Å². The maximum atomic E-state index is 11.0. The summed E-state index contributed by atoms with van der Waals surface area (Å²) >= 11 is 14.3. The highest BCUT2D eigenvalue weighted by Crippen LogP contribution is 2.46. The van der Waals surface area contributed by atoms with Crippen molar-refractivity contribution < 1.29 is 29.6 Å². The summed E-state index contributed by atoms with van der Waals surface area (Å²) in [6.45, 7) is 2.30. The van der Waals surface area contributed by atoms with Gasteiger partial charge in [-0.25, -0.2) is 0 Å². The van der Waals surface area contributed by atoms with Crippen LogP contribution in [-0.4, -0.2) is 47.7 Å². The van der Waals surface area contributed by atoms with Crippen molar-refractivity contribution in [2.24, 2.45) is 0 Å². The molecular weight excluding hydrogens is 692 g/mol. The Labute approximate surface area is 227 Å². The van der Waals surface area contributed by atoms with Crippen molar-refractivity contribution in [2.45, 2.75) is 38.0 Å². The summed E-state index contributed by atoms with van der Waals surface area (Å²) in [6, 6.07) is 7.97. The van der Waals surface area contributed by atoms with Crippen molar-refractivity contribution in [2.75, 3.05) is 26.4 Å². The topological polar surface area (TPSA) is 96.2 Å². The number of carboxylic acid groups (broad SMARTS) is 1. The highest BCUT2D eigenvalue weighted by Gasteiger charge is 2.31. The predicted octanol–water partition coefficient (Wildman–Crippen LogP) is 6.43. The monoisotopic (exact) mass is 714 g/mol. The molecule has 2 rings (SSSR count). The Morgan fingerprint density at radius 2 is 1.21 bits per heavy atom. The summed E-state index contributed by atoms with van der Waals surface area (Å²) in [5, 5.41) is 27.2. The van der Waals surface area contributed by atoms with Crippen molar-refractivity contribution in [3.8, 4) is 11.5 Å². The second kappa shape index (κ2) is 13.4. The van der Waals surface area contributed by atoms with Gasteiger partial charge in [-0.1, -0.05) is 13.3 Å². The van der Waals surface area contributed by atoms with E-state index in [-0.39, 0.29) is 32.8 Å². The molecule has 0 saturated carbocycles. The van der Waals surface area contributed by atoms with Gasteiger partial charge in [-0.2, -0.15) is 0 Å². The van der Waals surface area contributed by atoms with Gasteiger partial charge in [0.2, 0.25) is 0 Å². The van der Waals surface area contributed by atoms with Crippen LogP contribution < -0.4 is 9.47 Å². The number of carbonyl (C=O) groups is 1. The van der Waals surface area contributed by atoms with E-state index in [0.29, 0.717) is 24.3 Å². The Morgan fingerprint density at radius 1 is 0.818 bits per heavy atom. The van der Waals surface area contributed by atoms with Gasteiger partial charge in [0.1, 0.15) is 24.7 Å². The van der Waals surface area contributed by atoms with Gasteiger partial charge >= 0.3 is 5.97 Å². The van der Waals surface area contributed by atoms with Gasteiger partial charge in [-0.3, -0.25) is 4.79 Å². The zero-order valence-corrected chi connectivity index (χ0v) is 24.4.